The minimum Gasteiger partial charge on any atom is -0.494 e. The van der Waals surface area contributed by atoms with Gasteiger partial charge in [-0.2, -0.15) is 18.4 Å². The largest absolute Gasteiger partial charge is 0.494 e. The predicted molar refractivity (Wildman–Crippen MR) is 83.8 cm³/mol. The van der Waals surface area contributed by atoms with Gasteiger partial charge in [0.25, 0.3) is 0 Å². The quantitative estimate of drug-likeness (QED) is 0.706. The molecular formula is C18H15F3N2O2. The van der Waals surface area contributed by atoms with E-state index in [1.807, 2.05) is 18.2 Å². The van der Waals surface area contributed by atoms with E-state index in [-0.39, 0.29) is 12.1 Å². The third kappa shape index (κ3) is 5.31. The zero-order chi connectivity index (χ0) is 18.3. The summed E-state index contributed by atoms with van der Waals surface area (Å²) in [4.78, 5) is 15.7. The van der Waals surface area contributed by atoms with Crippen LogP contribution in [-0.4, -0.2) is 17.4 Å². The molecule has 1 heterocycles. The number of hydrogen-bond acceptors (Lipinski definition) is 4. The van der Waals surface area contributed by atoms with E-state index in [9.17, 15) is 18.0 Å². The Hall–Kier alpha value is -2.88. The maximum absolute atomic E-state index is 12.5. The van der Waals surface area contributed by atoms with Crippen LogP contribution in [0.4, 0.5) is 13.2 Å². The molecule has 1 unspecified atom stereocenters. The van der Waals surface area contributed by atoms with Crippen LogP contribution in [0.2, 0.25) is 0 Å². The second-order valence-electron chi connectivity index (χ2n) is 5.26. The number of rotatable bonds is 7. The van der Waals surface area contributed by atoms with Crippen molar-refractivity contribution in [3.63, 3.8) is 0 Å². The molecule has 0 spiro atoms. The normalized spacial score (nSPS) is 12.2. The lowest BCUT2D eigenvalue weighted by Crippen LogP contribution is -2.14. The van der Waals surface area contributed by atoms with E-state index in [1.54, 1.807) is 18.2 Å². The summed E-state index contributed by atoms with van der Waals surface area (Å²) in [6, 6.07) is 12.7. The number of hydrogen-bond donors (Lipinski definition) is 0. The molecule has 0 saturated carbocycles. The van der Waals surface area contributed by atoms with E-state index in [0.29, 0.717) is 25.0 Å². The maximum atomic E-state index is 12.5. The lowest BCUT2D eigenvalue weighted by Gasteiger charge is -2.10. The van der Waals surface area contributed by atoms with Crippen LogP contribution < -0.4 is 4.74 Å². The van der Waals surface area contributed by atoms with Gasteiger partial charge in [0.1, 0.15) is 11.7 Å². The lowest BCUT2D eigenvalue weighted by atomic mass is 9.97. The van der Waals surface area contributed by atoms with Gasteiger partial charge in [0.05, 0.1) is 23.9 Å². The highest BCUT2D eigenvalue weighted by Gasteiger charge is 2.31. The van der Waals surface area contributed by atoms with E-state index in [4.69, 9.17) is 10.00 Å². The van der Waals surface area contributed by atoms with Gasteiger partial charge >= 0.3 is 6.18 Å². The highest BCUT2D eigenvalue weighted by atomic mass is 19.4. The molecule has 0 saturated heterocycles. The number of nitriles is 1. The van der Waals surface area contributed by atoms with Crippen molar-refractivity contribution in [3.05, 3.63) is 59.9 Å². The first-order valence-corrected chi connectivity index (χ1v) is 7.55. The van der Waals surface area contributed by atoms with E-state index in [0.717, 1.165) is 12.1 Å². The average molecular weight is 348 g/mol. The summed E-state index contributed by atoms with van der Waals surface area (Å²) in [7, 11) is 0. The van der Waals surface area contributed by atoms with E-state index < -0.39 is 23.4 Å². The Morgan fingerprint density at radius 1 is 1.20 bits per heavy atom. The number of para-hydroxylation sites is 1. The molecule has 4 nitrogen and oxygen atoms in total. The summed E-state index contributed by atoms with van der Waals surface area (Å²) in [6.07, 6.45) is -3.40. The van der Waals surface area contributed by atoms with Crippen molar-refractivity contribution >= 4 is 5.78 Å². The molecule has 2 aromatic rings. The molecule has 0 aliphatic carbocycles. The predicted octanol–water partition coefficient (Wildman–Crippen LogP) is 4.14. The van der Waals surface area contributed by atoms with Crippen molar-refractivity contribution in [2.45, 2.75) is 24.9 Å². The molecule has 2 rings (SSSR count). The Morgan fingerprint density at radius 3 is 2.48 bits per heavy atom. The molecule has 0 bridgehead atoms. The van der Waals surface area contributed by atoms with Crippen LogP contribution in [0.3, 0.4) is 0 Å². The van der Waals surface area contributed by atoms with Crippen molar-refractivity contribution in [1.82, 2.24) is 4.98 Å². The van der Waals surface area contributed by atoms with Crippen molar-refractivity contribution in [2.24, 2.45) is 0 Å². The first kappa shape index (κ1) is 18.5. The molecule has 7 heteroatoms. The smallest absolute Gasteiger partial charge is 0.417 e. The van der Waals surface area contributed by atoms with Gasteiger partial charge in [-0.3, -0.25) is 9.78 Å². The number of ketones is 1. The van der Waals surface area contributed by atoms with Crippen LogP contribution in [0, 0.1) is 11.3 Å². The van der Waals surface area contributed by atoms with Gasteiger partial charge in [0.15, 0.2) is 5.78 Å². The molecule has 1 aromatic heterocycles. The third-order valence-electron chi connectivity index (χ3n) is 3.44. The molecule has 1 aromatic carbocycles. The Kier molecular flexibility index (Phi) is 6.12. The van der Waals surface area contributed by atoms with Crippen molar-refractivity contribution in [1.29, 1.82) is 5.26 Å². The number of carbonyl (C=O) groups is 1. The standard InChI is InChI=1S/C18H15F3N2O2/c19-18(20,21)13-8-9-16(23-12-13)15(11-22)17(24)7-4-10-25-14-5-2-1-3-6-14/h1-3,5-6,8-9,12,15H,4,7,10H2. The number of nitrogens with zero attached hydrogens (tertiary/aromatic N) is 2. The second-order valence-corrected chi connectivity index (χ2v) is 5.26. The van der Waals surface area contributed by atoms with Gasteiger partial charge < -0.3 is 4.74 Å². The molecule has 0 radical (unpaired) electrons. The fraction of sp³-hybridized carbons (Fsp3) is 0.278. The summed E-state index contributed by atoms with van der Waals surface area (Å²) in [5.74, 6) is -0.901. The minimum absolute atomic E-state index is 0.0180. The zero-order valence-electron chi connectivity index (χ0n) is 13.2. The molecule has 0 N–H and O–H groups in total. The van der Waals surface area contributed by atoms with Gasteiger partial charge in [-0.15, -0.1) is 0 Å². The third-order valence-corrected chi connectivity index (χ3v) is 3.44. The van der Waals surface area contributed by atoms with E-state index in [1.165, 1.54) is 0 Å². The number of Topliss-reactive ketones (excluding diaryl/α,β-unsaturated/α-hetero) is 1. The first-order chi connectivity index (χ1) is 11.9. The minimum atomic E-state index is -4.51. The van der Waals surface area contributed by atoms with Crippen LogP contribution in [0.15, 0.2) is 48.7 Å². The average Bonchev–Trinajstić information content (AvgIpc) is 2.60. The molecule has 1 atom stereocenters. The monoisotopic (exact) mass is 348 g/mol. The topological polar surface area (TPSA) is 63.0 Å². The van der Waals surface area contributed by atoms with Crippen LogP contribution in [-0.2, 0) is 11.0 Å². The summed E-state index contributed by atoms with van der Waals surface area (Å²) in [5.41, 5.74) is -0.902. The molecule has 0 aliphatic rings. The number of alkyl halides is 3. The highest BCUT2D eigenvalue weighted by Crippen LogP contribution is 2.29. The Morgan fingerprint density at radius 2 is 1.92 bits per heavy atom. The van der Waals surface area contributed by atoms with Gasteiger partial charge in [-0.1, -0.05) is 18.2 Å². The van der Waals surface area contributed by atoms with Gasteiger partial charge in [-0.25, -0.2) is 0 Å². The number of ether oxygens (including phenoxy) is 1. The molecule has 0 fully saturated rings. The highest BCUT2D eigenvalue weighted by molar-refractivity contribution is 5.87. The first-order valence-electron chi connectivity index (χ1n) is 7.55. The summed E-state index contributed by atoms with van der Waals surface area (Å²) < 4.78 is 43.0. The zero-order valence-corrected chi connectivity index (χ0v) is 13.2. The van der Waals surface area contributed by atoms with Crippen molar-refractivity contribution in [2.75, 3.05) is 6.61 Å². The van der Waals surface area contributed by atoms with Crippen molar-refractivity contribution < 1.29 is 22.7 Å². The van der Waals surface area contributed by atoms with Crippen LogP contribution in [0.1, 0.15) is 30.0 Å². The lowest BCUT2D eigenvalue weighted by molar-refractivity contribution is -0.137. The molecule has 25 heavy (non-hydrogen) atoms. The number of carbonyl (C=O) groups excluding carboxylic acids is 1. The Labute approximate surface area is 142 Å². The van der Waals surface area contributed by atoms with Crippen LogP contribution in [0.25, 0.3) is 0 Å². The fourth-order valence-electron chi connectivity index (χ4n) is 2.14. The fourth-order valence-corrected chi connectivity index (χ4v) is 2.14. The molecule has 0 amide bonds. The second kappa shape index (κ2) is 8.29. The van der Waals surface area contributed by atoms with E-state index >= 15 is 0 Å². The van der Waals surface area contributed by atoms with Crippen LogP contribution in [0.5, 0.6) is 5.75 Å². The molecule has 0 aliphatic heterocycles. The number of benzene rings is 1. The van der Waals surface area contributed by atoms with Gasteiger partial charge in [0, 0.05) is 12.6 Å². The van der Waals surface area contributed by atoms with Crippen LogP contribution >= 0.6 is 0 Å². The Bertz CT molecular complexity index is 738. The van der Waals surface area contributed by atoms with Crippen molar-refractivity contribution in [3.8, 4) is 11.8 Å². The Balaban J connectivity index is 1.89. The van der Waals surface area contributed by atoms with E-state index in [2.05, 4.69) is 4.98 Å². The summed E-state index contributed by atoms with van der Waals surface area (Å²) in [6.45, 7) is 0.300. The van der Waals surface area contributed by atoms with Gasteiger partial charge in [0.2, 0.25) is 0 Å². The maximum Gasteiger partial charge on any atom is 0.417 e. The van der Waals surface area contributed by atoms with Gasteiger partial charge in [-0.05, 0) is 30.7 Å². The molecule has 130 valence electrons. The number of pyridine rings is 1. The number of halogens is 3. The summed E-state index contributed by atoms with van der Waals surface area (Å²) in [5, 5.41) is 9.15. The summed E-state index contributed by atoms with van der Waals surface area (Å²) >= 11 is 0. The SMILES string of the molecule is N#CC(C(=O)CCCOc1ccccc1)c1ccc(C(F)(F)F)cn1. The molecular weight excluding hydrogens is 333 g/mol. The number of aromatic nitrogens is 1.